The van der Waals surface area contributed by atoms with Gasteiger partial charge in [0.1, 0.15) is 0 Å². The Kier molecular flexibility index (Phi) is 4.37. The van der Waals surface area contributed by atoms with Gasteiger partial charge in [0, 0.05) is 12.1 Å². The average molecular weight is 327 g/mol. The first-order valence-corrected chi connectivity index (χ1v) is 7.07. The van der Waals surface area contributed by atoms with Crippen LogP contribution in [0, 0.1) is 10.1 Å². The fourth-order valence-electron chi connectivity index (χ4n) is 2.13. The Labute approximate surface area is 136 Å². The van der Waals surface area contributed by atoms with Crippen LogP contribution in [0.2, 0.25) is 0 Å². The van der Waals surface area contributed by atoms with Crippen molar-refractivity contribution in [3.05, 3.63) is 63.7 Å². The zero-order chi connectivity index (χ0) is 16.9. The van der Waals surface area contributed by atoms with Gasteiger partial charge in [0.25, 0.3) is 5.69 Å². The van der Waals surface area contributed by atoms with Crippen LogP contribution < -0.4 is 14.9 Å². The highest BCUT2D eigenvalue weighted by Crippen LogP contribution is 2.31. The number of benzene rings is 2. The molecule has 1 amide bonds. The van der Waals surface area contributed by atoms with E-state index in [0.717, 1.165) is 5.56 Å². The molecule has 1 aliphatic heterocycles. The maximum atomic E-state index is 11.8. The molecule has 0 radical (unpaired) electrons. The summed E-state index contributed by atoms with van der Waals surface area (Å²) < 4.78 is 10.5. The number of fused-ring (bicyclic) bond motifs is 1. The number of hydrogen-bond donors (Lipinski definition) is 1. The van der Waals surface area contributed by atoms with Gasteiger partial charge in [-0.2, -0.15) is 5.10 Å². The molecule has 0 atom stereocenters. The zero-order valence-electron chi connectivity index (χ0n) is 12.5. The van der Waals surface area contributed by atoms with Crippen LogP contribution in [0.1, 0.15) is 11.1 Å². The molecule has 1 aliphatic rings. The molecule has 1 N–H and O–H groups in total. The van der Waals surface area contributed by atoms with E-state index in [2.05, 4.69) is 10.5 Å². The number of amides is 1. The number of hydrogen-bond acceptors (Lipinski definition) is 6. The van der Waals surface area contributed by atoms with E-state index in [4.69, 9.17) is 9.47 Å². The minimum atomic E-state index is -0.487. The van der Waals surface area contributed by atoms with Gasteiger partial charge < -0.3 is 9.47 Å². The molecule has 3 rings (SSSR count). The summed E-state index contributed by atoms with van der Waals surface area (Å²) in [6.07, 6.45) is 1.58. The van der Waals surface area contributed by atoms with E-state index in [1.54, 1.807) is 30.3 Å². The van der Waals surface area contributed by atoms with Gasteiger partial charge in [0.15, 0.2) is 11.5 Å². The van der Waals surface area contributed by atoms with Crippen molar-refractivity contribution in [1.29, 1.82) is 0 Å². The standard InChI is InChI=1S/C16H13N3O5/c20-16(8-11-1-4-13(5-2-11)19(21)22)18-17-9-12-3-6-14-15(7-12)24-10-23-14/h1-7,9H,8,10H2,(H,18,20). The van der Waals surface area contributed by atoms with E-state index in [1.807, 2.05) is 0 Å². The van der Waals surface area contributed by atoms with Gasteiger partial charge in [0.2, 0.25) is 12.7 Å². The normalized spacial score (nSPS) is 12.3. The first kappa shape index (κ1) is 15.5. The molecular weight excluding hydrogens is 314 g/mol. The van der Waals surface area contributed by atoms with Gasteiger partial charge in [-0.1, -0.05) is 12.1 Å². The summed E-state index contributed by atoms with van der Waals surface area (Å²) in [6.45, 7) is 0.196. The topological polar surface area (TPSA) is 103 Å². The number of nitro benzene ring substituents is 1. The number of nitrogens with zero attached hydrogens (tertiary/aromatic N) is 2. The first-order valence-electron chi connectivity index (χ1n) is 7.07. The summed E-state index contributed by atoms with van der Waals surface area (Å²) in [7, 11) is 0. The van der Waals surface area contributed by atoms with E-state index in [9.17, 15) is 14.9 Å². The summed E-state index contributed by atoms with van der Waals surface area (Å²) in [5, 5.41) is 14.5. The van der Waals surface area contributed by atoms with E-state index >= 15 is 0 Å². The van der Waals surface area contributed by atoms with Crippen molar-refractivity contribution in [3.8, 4) is 11.5 Å². The van der Waals surface area contributed by atoms with Gasteiger partial charge in [0.05, 0.1) is 17.6 Å². The molecule has 0 spiro atoms. The third kappa shape index (κ3) is 3.67. The third-order valence-electron chi connectivity index (χ3n) is 3.31. The van der Waals surface area contributed by atoms with Crippen LogP contribution in [0.25, 0.3) is 0 Å². The van der Waals surface area contributed by atoms with Gasteiger partial charge in [-0.25, -0.2) is 5.43 Å². The number of hydrazone groups is 1. The van der Waals surface area contributed by atoms with Crippen LogP contribution in [0.5, 0.6) is 11.5 Å². The minimum Gasteiger partial charge on any atom is -0.454 e. The fourth-order valence-corrected chi connectivity index (χ4v) is 2.13. The number of carbonyl (C=O) groups excluding carboxylic acids is 1. The maximum absolute atomic E-state index is 11.8. The molecule has 8 heteroatoms. The lowest BCUT2D eigenvalue weighted by Gasteiger charge is -2.01. The molecule has 0 saturated carbocycles. The van der Waals surface area contributed by atoms with E-state index in [0.29, 0.717) is 17.1 Å². The molecule has 0 aromatic heterocycles. The smallest absolute Gasteiger partial charge is 0.269 e. The molecule has 0 saturated heterocycles. The molecule has 8 nitrogen and oxygen atoms in total. The van der Waals surface area contributed by atoms with E-state index in [-0.39, 0.29) is 24.8 Å². The van der Waals surface area contributed by atoms with E-state index < -0.39 is 4.92 Å². The first-order chi connectivity index (χ1) is 11.6. The number of carbonyl (C=O) groups is 1. The predicted octanol–water partition coefficient (Wildman–Crippen LogP) is 2.02. The lowest BCUT2D eigenvalue weighted by atomic mass is 10.1. The molecule has 1 heterocycles. The lowest BCUT2D eigenvalue weighted by Crippen LogP contribution is -2.19. The van der Waals surface area contributed by atoms with Crippen molar-refractivity contribution in [2.75, 3.05) is 6.79 Å². The van der Waals surface area contributed by atoms with Crippen LogP contribution in [0.4, 0.5) is 5.69 Å². The minimum absolute atomic E-state index is 0.0139. The molecule has 2 aromatic rings. The SMILES string of the molecule is O=C(Cc1ccc([N+](=O)[O-])cc1)NN=Cc1ccc2c(c1)OCO2. The average Bonchev–Trinajstić information content (AvgIpc) is 3.03. The Morgan fingerprint density at radius 1 is 1.21 bits per heavy atom. The van der Waals surface area contributed by atoms with Gasteiger partial charge in [-0.05, 0) is 29.3 Å². The summed E-state index contributed by atoms with van der Waals surface area (Å²) >= 11 is 0. The molecule has 122 valence electrons. The highest BCUT2D eigenvalue weighted by Gasteiger charge is 2.12. The second-order valence-electron chi connectivity index (χ2n) is 5.01. The Morgan fingerprint density at radius 3 is 2.71 bits per heavy atom. The van der Waals surface area contributed by atoms with Crippen molar-refractivity contribution in [2.24, 2.45) is 5.10 Å². The molecular formula is C16H13N3O5. The second-order valence-corrected chi connectivity index (χ2v) is 5.01. The van der Waals surface area contributed by atoms with Gasteiger partial charge in [-0.3, -0.25) is 14.9 Å². The summed E-state index contributed by atoms with van der Waals surface area (Å²) in [6, 6.07) is 11.1. The van der Waals surface area contributed by atoms with Gasteiger partial charge >= 0.3 is 0 Å². The summed E-state index contributed by atoms with van der Waals surface area (Å²) in [5.41, 5.74) is 3.82. The zero-order valence-corrected chi connectivity index (χ0v) is 12.5. The Balaban J connectivity index is 1.54. The van der Waals surface area contributed by atoms with Crippen molar-refractivity contribution in [3.63, 3.8) is 0 Å². The van der Waals surface area contributed by atoms with Crippen LogP contribution in [0.3, 0.4) is 0 Å². The van der Waals surface area contributed by atoms with Crippen LogP contribution >= 0.6 is 0 Å². The highest BCUT2D eigenvalue weighted by molar-refractivity contribution is 5.84. The van der Waals surface area contributed by atoms with Crippen LogP contribution in [0.15, 0.2) is 47.6 Å². The largest absolute Gasteiger partial charge is 0.454 e. The Morgan fingerprint density at radius 2 is 1.96 bits per heavy atom. The summed E-state index contributed by atoms with van der Waals surface area (Å²) in [4.78, 5) is 21.9. The molecule has 0 fully saturated rings. The van der Waals surface area contributed by atoms with Crippen LogP contribution in [-0.2, 0) is 11.2 Å². The maximum Gasteiger partial charge on any atom is 0.269 e. The fraction of sp³-hybridized carbons (Fsp3) is 0.125. The second kappa shape index (κ2) is 6.78. The predicted molar refractivity (Wildman–Crippen MR) is 85.1 cm³/mol. The summed E-state index contributed by atoms with van der Waals surface area (Å²) in [5.74, 6) is 0.992. The number of nitrogens with one attached hydrogen (secondary N) is 1. The highest BCUT2D eigenvalue weighted by atomic mass is 16.7. The number of ether oxygens (including phenoxy) is 2. The van der Waals surface area contributed by atoms with Crippen LogP contribution in [-0.4, -0.2) is 23.8 Å². The monoisotopic (exact) mass is 327 g/mol. The third-order valence-corrected chi connectivity index (χ3v) is 3.31. The molecule has 0 unspecified atom stereocenters. The lowest BCUT2D eigenvalue weighted by molar-refractivity contribution is -0.384. The Hall–Kier alpha value is -3.42. The van der Waals surface area contributed by atoms with Crippen molar-refractivity contribution >= 4 is 17.8 Å². The molecule has 0 bridgehead atoms. The van der Waals surface area contributed by atoms with Crippen molar-refractivity contribution in [2.45, 2.75) is 6.42 Å². The molecule has 0 aliphatic carbocycles. The number of rotatable bonds is 5. The Bertz CT molecular complexity index is 802. The van der Waals surface area contributed by atoms with E-state index in [1.165, 1.54) is 18.3 Å². The quantitative estimate of drug-likeness (QED) is 0.514. The molecule has 24 heavy (non-hydrogen) atoms. The van der Waals surface area contributed by atoms with Gasteiger partial charge in [-0.15, -0.1) is 0 Å². The number of nitro groups is 1. The number of non-ortho nitro benzene ring substituents is 1. The van der Waals surface area contributed by atoms with Crippen molar-refractivity contribution in [1.82, 2.24) is 5.43 Å². The van der Waals surface area contributed by atoms with Crippen molar-refractivity contribution < 1.29 is 19.2 Å². The molecule has 2 aromatic carbocycles.